The van der Waals surface area contributed by atoms with Gasteiger partial charge >= 0.3 is 0 Å². The summed E-state index contributed by atoms with van der Waals surface area (Å²) in [5, 5.41) is 18.3. The number of rotatable bonds is 4. The number of nitrogens with one attached hydrogen (secondary N) is 1. The zero-order chi connectivity index (χ0) is 17.3. The van der Waals surface area contributed by atoms with Crippen molar-refractivity contribution in [3.8, 4) is 11.3 Å². The minimum Gasteiger partial charge on any atom is -0.388 e. The van der Waals surface area contributed by atoms with Crippen LogP contribution in [0.4, 0.5) is 0 Å². The van der Waals surface area contributed by atoms with Crippen LogP contribution in [0.15, 0.2) is 36.5 Å². The van der Waals surface area contributed by atoms with Gasteiger partial charge in [0.05, 0.1) is 23.5 Å². The number of nitrogens with zero attached hydrogens (tertiary/aromatic N) is 3. The molecule has 1 aromatic carbocycles. The molecule has 5 heteroatoms. The van der Waals surface area contributed by atoms with Crippen molar-refractivity contribution < 1.29 is 5.11 Å². The van der Waals surface area contributed by atoms with Crippen LogP contribution in [0.3, 0.4) is 0 Å². The first-order valence-electron chi connectivity index (χ1n) is 9.40. The van der Waals surface area contributed by atoms with Gasteiger partial charge in [-0.3, -0.25) is 14.9 Å². The largest absolute Gasteiger partial charge is 0.388 e. The number of aromatic amines is 1. The van der Waals surface area contributed by atoms with Gasteiger partial charge < -0.3 is 5.11 Å². The van der Waals surface area contributed by atoms with Crippen molar-refractivity contribution in [3.05, 3.63) is 42.1 Å². The van der Waals surface area contributed by atoms with Crippen molar-refractivity contribution in [1.82, 2.24) is 20.0 Å². The molecule has 0 amide bonds. The first-order chi connectivity index (χ1) is 12.1. The highest BCUT2D eigenvalue weighted by atomic mass is 16.3. The summed E-state index contributed by atoms with van der Waals surface area (Å²) in [6.45, 7) is 6.98. The maximum absolute atomic E-state index is 10.9. The summed E-state index contributed by atoms with van der Waals surface area (Å²) in [5.74, 6) is 0. The number of H-pyrrole nitrogens is 1. The molecule has 2 aromatic rings. The van der Waals surface area contributed by atoms with Gasteiger partial charge in [-0.05, 0) is 44.8 Å². The molecule has 2 saturated heterocycles. The summed E-state index contributed by atoms with van der Waals surface area (Å²) >= 11 is 0. The lowest BCUT2D eigenvalue weighted by Gasteiger charge is -2.46. The summed E-state index contributed by atoms with van der Waals surface area (Å²) in [7, 11) is 0. The minimum absolute atomic E-state index is 0.232. The van der Waals surface area contributed by atoms with Gasteiger partial charge in [-0.25, -0.2) is 0 Å². The Hall–Kier alpha value is -1.69. The van der Waals surface area contributed by atoms with Gasteiger partial charge in [-0.15, -0.1) is 0 Å². The summed E-state index contributed by atoms with van der Waals surface area (Å²) in [6.07, 6.45) is 5.28. The first-order valence-corrected chi connectivity index (χ1v) is 9.40. The van der Waals surface area contributed by atoms with Crippen LogP contribution >= 0.6 is 0 Å². The summed E-state index contributed by atoms with van der Waals surface area (Å²) in [4.78, 5) is 4.96. The van der Waals surface area contributed by atoms with Gasteiger partial charge in [0.1, 0.15) is 0 Å². The Labute approximate surface area is 149 Å². The van der Waals surface area contributed by atoms with Gasteiger partial charge in [0, 0.05) is 25.2 Å². The highest BCUT2D eigenvalue weighted by molar-refractivity contribution is 5.62. The number of aromatic nitrogens is 2. The molecule has 0 bridgehead atoms. The smallest absolute Gasteiger partial charge is 0.0798 e. The summed E-state index contributed by atoms with van der Waals surface area (Å²) < 4.78 is 0. The third-order valence-corrected chi connectivity index (χ3v) is 5.84. The predicted octanol–water partition coefficient (Wildman–Crippen LogP) is 2.50. The molecule has 25 heavy (non-hydrogen) atoms. The van der Waals surface area contributed by atoms with Crippen molar-refractivity contribution in [2.45, 2.75) is 44.4 Å². The number of piperidine rings is 1. The van der Waals surface area contributed by atoms with Gasteiger partial charge in [0.2, 0.25) is 0 Å². The molecular formula is C20H28N4O. The Kier molecular flexibility index (Phi) is 4.63. The molecule has 2 aliphatic heterocycles. The third-order valence-electron chi connectivity index (χ3n) is 5.84. The molecule has 2 fully saturated rings. The van der Waals surface area contributed by atoms with Crippen molar-refractivity contribution in [1.29, 1.82) is 0 Å². The van der Waals surface area contributed by atoms with E-state index in [0.29, 0.717) is 0 Å². The quantitative estimate of drug-likeness (QED) is 0.898. The molecule has 0 aliphatic carbocycles. The van der Waals surface area contributed by atoms with Crippen molar-refractivity contribution >= 4 is 0 Å². The van der Waals surface area contributed by atoms with E-state index < -0.39 is 5.60 Å². The van der Waals surface area contributed by atoms with Crippen LogP contribution in [0.1, 0.15) is 31.7 Å². The Bertz CT molecular complexity index is 691. The van der Waals surface area contributed by atoms with Gasteiger partial charge in [-0.2, -0.15) is 5.10 Å². The highest BCUT2D eigenvalue weighted by Crippen LogP contribution is 2.30. The summed E-state index contributed by atoms with van der Waals surface area (Å²) in [6, 6.07) is 10.6. The lowest BCUT2D eigenvalue weighted by molar-refractivity contribution is -0.0776. The van der Waals surface area contributed by atoms with E-state index in [0.717, 1.165) is 44.8 Å². The van der Waals surface area contributed by atoms with E-state index in [-0.39, 0.29) is 6.04 Å². The average Bonchev–Trinajstić information content (AvgIpc) is 3.29. The number of hydrogen-bond donors (Lipinski definition) is 2. The van der Waals surface area contributed by atoms with Crippen LogP contribution in [0.25, 0.3) is 11.3 Å². The van der Waals surface area contributed by atoms with Crippen molar-refractivity contribution in [2.24, 2.45) is 0 Å². The normalized spacial score (nSPS) is 28.5. The Morgan fingerprint density at radius 1 is 1.20 bits per heavy atom. The van der Waals surface area contributed by atoms with Crippen LogP contribution in [0, 0.1) is 0 Å². The van der Waals surface area contributed by atoms with Crippen LogP contribution in [0.5, 0.6) is 0 Å². The van der Waals surface area contributed by atoms with E-state index in [1.165, 1.54) is 24.0 Å². The van der Waals surface area contributed by atoms with E-state index >= 15 is 0 Å². The second-order valence-corrected chi connectivity index (χ2v) is 7.74. The van der Waals surface area contributed by atoms with Gasteiger partial charge in [0.25, 0.3) is 0 Å². The zero-order valence-electron chi connectivity index (χ0n) is 15.0. The first kappa shape index (κ1) is 16.8. The number of likely N-dealkylation sites (tertiary alicyclic amines) is 2. The van der Waals surface area contributed by atoms with E-state index in [1.807, 2.05) is 19.2 Å². The Morgan fingerprint density at radius 3 is 2.72 bits per heavy atom. The maximum atomic E-state index is 10.9. The molecular weight excluding hydrogens is 312 g/mol. The fraction of sp³-hybridized carbons (Fsp3) is 0.550. The standard InChI is InChI=1S/C20H28N4O/c1-20(25)9-12-23(15-18(20)24-10-5-6-11-24)14-17-13-21-22-19(17)16-7-3-2-4-8-16/h2-4,7-8,13,18,25H,5-6,9-12,14-15H2,1H3,(H,21,22). The third kappa shape index (κ3) is 3.50. The predicted molar refractivity (Wildman–Crippen MR) is 99.1 cm³/mol. The fourth-order valence-corrected chi connectivity index (χ4v) is 4.32. The molecule has 2 N–H and O–H groups in total. The molecule has 2 aliphatic rings. The second kappa shape index (κ2) is 6.90. The average molecular weight is 340 g/mol. The molecule has 0 radical (unpaired) electrons. The lowest BCUT2D eigenvalue weighted by Crippen LogP contribution is -2.60. The van der Waals surface area contributed by atoms with Gasteiger partial charge in [-0.1, -0.05) is 30.3 Å². The monoisotopic (exact) mass is 340 g/mol. The molecule has 4 rings (SSSR count). The number of aliphatic hydroxyl groups is 1. The molecule has 0 spiro atoms. The minimum atomic E-state index is -0.584. The number of hydrogen-bond acceptors (Lipinski definition) is 4. The maximum Gasteiger partial charge on any atom is 0.0798 e. The topological polar surface area (TPSA) is 55.4 Å². The van der Waals surface area contributed by atoms with E-state index in [1.54, 1.807) is 0 Å². The van der Waals surface area contributed by atoms with E-state index in [4.69, 9.17) is 0 Å². The van der Waals surface area contributed by atoms with E-state index in [9.17, 15) is 5.11 Å². The molecule has 3 heterocycles. The van der Waals surface area contributed by atoms with Crippen molar-refractivity contribution in [2.75, 3.05) is 26.2 Å². The molecule has 1 aromatic heterocycles. The van der Waals surface area contributed by atoms with Gasteiger partial charge in [0.15, 0.2) is 0 Å². The molecule has 5 nitrogen and oxygen atoms in total. The summed E-state index contributed by atoms with van der Waals surface area (Å²) in [5.41, 5.74) is 2.93. The van der Waals surface area contributed by atoms with Crippen LogP contribution < -0.4 is 0 Å². The molecule has 2 atom stereocenters. The highest BCUT2D eigenvalue weighted by Gasteiger charge is 2.41. The Morgan fingerprint density at radius 2 is 1.96 bits per heavy atom. The zero-order valence-corrected chi connectivity index (χ0v) is 15.0. The molecule has 0 saturated carbocycles. The molecule has 2 unspecified atom stereocenters. The SMILES string of the molecule is CC1(O)CCN(Cc2cn[nH]c2-c2ccccc2)CC1N1CCCC1. The van der Waals surface area contributed by atoms with Crippen LogP contribution in [-0.4, -0.2) is 62.9 Å². The van der Waals surface area contributed by atoms with Crippen LogP contribution in [-0.2, 0) is 6.54 Å². The lowest BCUT2D eigenvalue weighted by atomic mass is 9.87. The van der Waals surface area contributed by atoms with Crippen LogP contribution in [0.2, 0.25) is 0 Å². The van der Waals surface area contributed by atoms with E-state index in [2.05, 4.69) is 44.3 Å². The number of benzene rings is 1. The second-order valence-electron chi connectivity index (χ2n) is 7.74. The van der Waals surface area contributed by atoms with Crippen molar-refractivity contribution in [3.63, 3.8) is 0 Å². The Balaban J connectivity index is 1.49. The molecule has 134 valence electrons. The fourth-order valence-electron chi connectivity index (χ4n) is 4.32.